The Hall–Kier alpha value is -1.74. The van der Waals surface area contributed by atoms with Gasteiger partial charge in [0.25, 0.3) is 0 Å². The highest BCUT2D eigenvalue weighted by atomic mass is 32.2. The summed E-state index contributed by atoms with van der Waals surface area (Å²) in [6.07, 6.45) is 4.05. The van der Waals surface area contributed by atoms with Crippen molar-refractivity contribution in [2.24, 2.45) is 5.92 Å². The predicted molar refractivity (Wildman–Crippen MR) is 121 cm³/mol. The number of likely N-dealkylation sites (tertiary alicyclic amines) is 1. The fraction of sp³-hybridized carbons (Fsp3) is 0.455. The molecule has 164 valence electrons. The molecule has 0 spiro atoms. The van der Waals surface area contributed by atoms with Crippen LogP contribution in [0.2, 0.25) is 0 Å². The van der Waals surface area contributed by atoms with Gasteiger partial charge in [0.1, 0.15) is 16.4 Å². The quantitative estimate of drug-likeness (QED) is 0.589. The van der Waals surface area contributed by atoms with Gasteiger partial charge in [0, 0.05) is 24.1 Å². The maximum atomic E-state index is 12.8. The van der Waals surface area contributed by atoms with Gasteiger partial charge in [-0.1, -0.05) is 18.2 Å². The lowest BCUT2D eigenvalue weighted by molar-refractivity contribution is 0.177. The van der Waals surface area contributed by atoms with E-state index in [0.29, 0.717) is 24.0 Å². The van der Waals surface area contributed by atoms with Gasteiger partial charge in [-0.3, -0.25) is 4.90 Å². The number of ether oxygens (including phenoxy) is 2. The molecule has 0 aromatic heterocycles. The van der Waals surface area contributed by atoms with Gasteiger partial charge in [-0.2, -0.15) is 0 Å². The van der Waals surface area contributed by atoms with Crippen molar-refractivity contribution in [3.8, 4) is 11.5 Å². The first kappa shape index (κ1) is 22.9. The molecule has 0 aliphatic carbocycles. The highest BCUT2D eigenvalue weighted by Crippen LogP contribution is 2.29. The number of sulfonamides is 1. The lowest BCUT2D eigenvalue weighted by atomic mass is 9.97. The van der Waals surface area contributed by atoms with Crippen LogP contribution in [-0.2, 0) is 16.6 Å². The fourth-order valence-corrected chi connectivity index (χ4v) is 5.63. The topological polar surface area (TPSA) is 67.9 Å². The van der Waals surface area contributed by atoms with E-state index in [1.54, 1.807) is 23.9 Å². The van der Waals surface area contributed by atoms with Crippen LogP contribution in [0, 0.1) is 5.92 Å². The van der Waals surface area contributed by atoms with Gasteiger partial charge in [0.2, 0.25) is 10.0 Å². The maximum absolute atomic E-state index is 12.8. The number of thioether (sulfide) groups is 1. The van der Waals surface area contributed by atoms with Gasteiger partial charge in [-0.25, -0.2) is 13.1 Å². The van der Waals surface area contributed by atoms with Crippen molar-refractivity contribution >= 4 is 21.8 Å². The molecule has 3 rings (SSSR count). The van der Waals surface area contributed by atoms with E-state index in [2.05, 4.69) is 40.1 Å². The van der Waals surface area contributed by atoms with Gasteiger partial charge in [0.05, 0.1) is 14.2 Å². The zero-order valence-corrected chi connectivity index (χ0v) is 19.4. The zero-order chi connectivity index (χ0) is 21.6. The first-order valence-corrected chi connectivity index (χ1v) is 12.7. The van der Waals surface area contributed by atoms with Crippen LogP contribution in [0.5, 0.6) is 11.5 Å². The molecule has 1 heterocycles. The average Bonchev–Trinajstić information content (AvgIpc) is 2.78. The number of rotatable bonds is 9. The van der Waals surface area contributed by atoms with Crippen molar-refractivity contribution < 1.29 is 17.9 Å². The van der Waals surface area contributed by atoms with E-state index in [9.17, 15) is 8.42 Å². The van der Waals surface area contributed by atoms with E-state index in [1.807, 2.05) is 0 Å². The molecule has 8 heteroatoms. The Labute approximate surface area is 184 Å². The minimum absolute atomic E-state index is 0.107. The van der Waals surface area contributed by atoms with Gasteiger partial charge >= 0.3 is 0 Å². The highest BCUT2D eigenvalue weighted by Gasteiger charge is 2.24. The Morgan fingerprint density at radius 3 is 2.50 bits per heavy atom. The molecule has 0 amide bonds. The lowest BCUT2D eigenvalue weighted by Gasteiger charge is -2.32. The largest absolute Gasteiger partial charge is 0.497 e. The molecule has 30 heavy (non-hydrogen) atoms. The lowest BCUT2D eigenvalue weighted by Crippen LogP contribution is -2.38. The number of piperidine rings is 1. The zero-order valence-electron chi connectivity index (χ0n) is 17.8. The van der Waals surface area contributed by atoms with Gasteiger partial charge in [0.15, 0.2) is 0 Å². The second-order valence-corrected chi connectivity index (χ2v) is 9.98. The van der Waals surface area contributed by atoms with E-state index < -0.39 is 10.0 Å². The van der Waals surface area contributed by atoms with Gasteiger partial charge < -0.3 is 9.47 Å². The number of hydrogen-bond acceptors (Lipinski definition) is 6. The third-order valence-corrected chi connectivity index (χ3v) is 7.80. The summed E-state index contributed by atoms with van der Waals surface area (Å²) in [5.41, 5.74) is 1.36. The van der Waals surface area contributed by atoms with Crippen molar-refractivity contribution in [2.45, 2.75) is 29.2 Å². The highest BCUT2D eigenvalue weighted by molar-refractivity contribution is 7.98. The van der Waals surface area contributed by atoms with Crippen LogP contribution in [0.25, 0.3) is 0 Å². The Balaban J connectivity index is 1.55. The molecule has 2 aromatic rings. The van der Waals surface area contributed by atoms with Crippen molar-refractivity contribution in [1.82, 2.24) is 9.62 Å². The molecule has 1 saturated heterocycles. The molecule has 0 saturated carbocycles. The molecule has 6 nitrogen and oxygen atoms in total. The Morgan fingerprint density at radius 2 is 1.83 bits per heavy atom. The van der Waals surface area contributed by atoms with Crippen LogP contribution in [-0.4, -0.2) is 53.4 Å². The molecule has 1 aliphatic heterocycles. The molecule has 0 radical (unpaired) electrons. The monoisotopic (exact) mass is 450 g/mol. The smallest absolute Gasteiger partial charge is 0.244 e. The Kier molecular flexibility index (Phi) is 8.05. The van der Waals surface area contributed by atoms with Crippen LogP contribution < -0.4 is 14.2 Å². The standard InChI is InChI=1S/C22H30N2O4S2/c1-27-19-8-9-20(28-2)22(14-19)30(25,26)23-15-17-10-12-24(13-11-17)16-18-6-4-5-7-21(18)29-3/h4-9,14,17,23H,10-13,15-16H2,1-3H3. The van der Waals surface area contributed by atoms with E-state index in [1.165, 1.54) is 30.7 Å². The molecule has 1 N–H and O–H groups in total. The van der Waals surface area contributed by atoms with Crippen LogP contribution in [0.3, 0.4) is 0 Å². The number of nitrogens with zero attached hydrogens (tertiary/aromatic N) is 1. The fourth-order valence-electron chi connectivity index (χ4n) is 3.72. The van der Waals surface area contributed by atoms with E-state index >= 15 is 0 Å². The van der Waals surface area contributed by atoms with Gasteiger partial charge in [-0.05, 0) is 61.9 Å². The van der Waals surface area contributed by atoms with Crippen LogP contribution in [0.1, 0.15) is 18.4 Å². The molecule has 0 atom stereocenters. The molecule has 1 fully saturated rings. The van der Waals surface area contributed by atoms with E-state index in [4.69, 9.17) is 9.47 Å². The third-order valence-electron chi connectivity index (χ3n) is 5.52. The van der Waals surface area contributed by atoms with Crippen molar-refractivity contribution in [2.75, 3.05) is 40.1 Å². The SMILES string of the molecule is COc1ccc(OC)c(S(=O)(=O)NCC2CCN(Cc3ccccc3SC)CC2)c1. The summed E-state index contributed by atoms with van der Waals surface area (Å²) in [7, 11) is -0.702. The van der Waals surface area contributed by atoms with Crippen LogP contribution >= 0.6 is 11.8 Å². The summed E-state index contributed by atoms with van der Waals surface area (Å²) in [6, 6.07) is 13.3. The summed E-state index contributed by atoms with van der Waals surface area (Å²) in [5.74, 6) is 1.11. The summed E-state index contributed by atoms with van der Waals surface area (Å²) < 4.78 is 38.8. The van der Waals surface area contributed by atoms with Crippen molar-refractivity contribution in [1.29, 1.82) is 0 Å². The number of nitrogens with one attached hydrogen (secondary N) is 1. The van der Waals surface area contributed by atoms with E-state index in [-0.39, 0.29) is 4.90 Å². The minimum atomic E-state index is -3.68. The molecule has 2 aromatic carbocycles. The Morgan fingerprint density at radius 1 is 1.10 bits per heavy atom. The first-order chi connectivity index (χ1) is 14.5. The van der Waals surface area contributed by atoms with Gasteiger partial charge in [-0.15, -0.1) is 11.8 Å². The number of benzene rings is 2. The molecular weight excluding hydrogens is 420 g/mol. The summed E-state index contributed by atoms with van der Waals surface area (Å²) in [4.78, 5) is 3.88. The van der Waals surface area contributed by atoms with Crippen LogP contribution in [0.4, 0.5) is 0 Å². The summed E-state index contributed by atoms with van der Waals surface area (Å²) in [5, 5.41) is 0. The number of hydrogen-bond donors (Lipinski definition) is 1. The Bertz CT molecular complexity index is 942. The van der Waals surface area contributed by atoms with Crippen molar-refractivity contribution in [3.63, 3.8) is 0 Å². The summed E-state index contributed by atoms with van der Waals surface area (Å²) in [6.45, 7) is 3.31. The molecule has 0 unspecified atom stereocenters. The summed E-state index contributed by atoms with van der Waals surface area (Å²) >= 11 is 1.78. The molecule has 0 bridgehead atoms. The predicted octanol–water partition coefficient (Wildman–Crippen LogP) is 3.62. The first-order valence-electron chi connectivity index (χ1n) is 10.0. The normalized spacial score (nSPS) is 15.8. The average molecular weight is 451 g/mol. The number of methoxy groups -OCH3 is 2. The minimum Gasteiger partial charge on any atom is -0.497 e. The second-order valence-electron chi connectivity index (χ2n) is 7.40. The van der Waals surface area contributed by atoms with Crippen LogP contribution in [0.15, 0.2) is 52.3 Å². The van der Waals surface area contributed by atoms with E-state index in [0.717, 1.165) is 32.5 Å². The molecular formula is C22H30N2O4S2. The third kappa shape index (κ3) is 5.69. The second kappa shape index (κ2) is 10.5. The maximum Gasteiger partial charge on any atom is 0.244 e. The van der Waals surface area contributed by atoms with Crippen molar-refractivity contribution in [3.05, 3.63) is 48.0 Å². The molecule has 1 aliphatic rings.